The first-order chi connectivity index (χ1) is 13.1. The summed E-state index contributed by atoms with van der Waals surface area (Å²) < 4.78 is 4.79. The summed E-state index contributed by atoms with van der Waals surface area (Å²) in [6.45, 7) is 2.60. The molecule has 0 atom stereocenters. The lowest BCUT2D eigenvalue weighted by molar-refractivity contribution is -0.385. The van der Waals surface area contributed by atoms with Crippen molar-refractivity contribution in [1.82, 2.24) is 10.3 Å². The van der Waals surface area contributed by atoms with Crippen LogP contribution in [0.15, 0.2) is 12.3 Å². The van der Waals surface area contributed by atoms with Crippen molar-refractivity contribution in [3.63, 3.8) is 0 Å². The van der Waals surface area contributed by atoms with Crippen LogP contribution in [0.1, 0.15) is 55.3 Å². The second-order valence-electron chi connectivity index (χ2n) is 7.49. The molecule has 8 nitrogen and oxygen atoms in total. The maximum Gasteiger partial charge on any atom is 0.341 e. The van der Waals surface area contributed by atoms with Crippen LogP contribution in [-0.2, 0) is 4.74 Å². The minimum absolute atomic E-state index is 0.158. The predicted molar refractivity (Wildman–Crippen MR) is 102 cm³/mol. The van der Waals surface area contributed by atoms with Crippen LogP contribution in [0.3, 0.4) is 0 Å². The van der Waals surface area contributed by atoms with Crippen molar-refractivity contribution >= 4 is 17.5 Å². The van der Waals surface area contributed by atoms with Crippen molar-refractivity contribution in [2.45, 2.75) is 51.0 Å². The van der Waals surface area contributed by atoms with E-state index in [2.05, 4.69) is 10.3 Å². The van der Waals surface area contributed by atoms with Crippen LogP contribution in [0.25, 0.3) is 0 Å². The third-order valence-electron chi connectivity index (χ3n) is 5.68. The molecule has 1 aliphatic carbocycles. The monoisotopic (exact) mass is 376 g/mol. The number of nitrogens with zero attached hydrogens (tertiary/aromatic N) is 3. The van der Waals surface area contributed by atoms with Gasteiger partial charge in [-0.05, 0) is 38.1 Å². The Bertz CT molecular complexity index is 668. The van der Waals surface area contributed by atoms with Crippen molar-refractivity contribution in [3.05, 3.63) is 27.9 Å². The number of carbonyl (C=O) groups is 1. The average Bonchev–Trinajstić information content (AvgIpc) is 2.72. The number of ether oxygens (including phenoxy) is 1. The molecule has 1 aromatic heterocycles. The normalized spacial score (nSPS) is 19.1. The van der Waals surface area contributed by atoms with Crippen molar-refractivity contribution in [2.75, 3.05) is 31.6 Å². The fourth-order valence-electron chi connectivity index (χ4n) is 4.05. The van der Waals surface area contributed by atoms with E-state index in [1.54, 1.807) is 0 Å². The SMILES string of the molecule is COC(=O)c1cc([N+](=O)[O-])cnc1N1CCC(CNC2CCCCC2)CC1. The Kier molecular flexibility index (Phi) is 6.60. The van der Waals surface area contributed by atoms with Crippen molar-refractivity contribution in [1.29, 1.82) is 0 Å². The molecule has 0 aromatic carbocycles. The molecule has 0 spiro atoms. The molecule has 0 amide bonds. The van der Waals surface area contributed by atoms with Gasteiger partial charge in [0.25, 0.3) is 5.69 Å². The first kappa shape index (κ1) is 19.5. The molecule has 0 radical (unpaired) electrons. The summed E-state index contributed by atoms with van der Waals surface area (Å²) in [5, 5.41) is 14.7. The smallest absolute Gasteiger partial charge is 0.341 e. The summed E-state index contributed by atoms with van der Waals surface area (Å²) in [4.78, 5) is 28.8. The summed E-state index contributed by atoms with van der Waals surface area (Å²) in [5.74, 6) is 0.497. The van der Waals surface area contributed by atoms with Gasteiger partial charge in [0, 0.05) is 25.2 Å². The lowest BCUT2D eigenvalue weighted by Crippen LogP contribution is -2.41. The predicted octanol–water partition coefficient (Wildman–Crippen LogP) is 2.92. The Balaban J connectivity index is 1.59. The Morgan fingerprint density at radius 3 is 2.63 bits per heavy atom. The number of pyridine rings is 1. The molecule has 1 aliphatic heterocycles. The lowest BCUT2D eigenvalue weighted by atomic mass is 9.93. The molecule has 0 unspecified atom stereocenters. The Morgan fingerprint density at radius 1 is 1.30 bits per heavy atom. The minimum atomic E-state index is -0.595. The minimum Gasteiger partial charge on any atom is -0.465 e. The van der Waals surface area contributed by atoms with E-state index in [4.69, 9.17) is 4.74 Å². The summed E-state index contributed by atoms with van der Waals surface area (Å²) in [6, 6.07) is 1.92. The molecule has 2 heterocycles. The third kappa shape index (κ3) is 4.94. The van der Waals surface area contributed by atoms with E-state index in [9.17, 15) is 14.9 Å². The van der Waals surface area contributed by atoms with Gasteiger partial charge in [0.15, 0.2) is 0 Å². The second-order valence-corrected chi connectivity index (χ2v) is 7.49. The standard InChI is InChI=1S/C19H28N4O4/c1-27-19(24)17-11-16(23(25)26)13-21-18(17)22-9-7-14(8-10-22)12-20-15-5-3-2-4-6-15/h11,13-15,20H,2-10,12H2,1H3. The zero-order chi connectivity index (χ0) is 19.2. The molecule has 1 saturated heterocycles. The quantitative estimate of drug-likeness (QED) is 0.463. The van der Waals surface area contributed by atoms with Crippen LogP contribution in [0.5, 0.6) is 0 Å². The van der Waals surface area contributed by atoms with Crippen molar-refractivity contribution < 1.29 is 14.5 Å². The first-order valence-corrected chi connectivity index (χ1v) is 9.79. The van der Waals surface area contributed by atoms with Gasteiger partial charge in [0.2, 0.25) is 0 Å². The summed E-state index contributed by atoms with van der Waals surface area (Å²) in [6.07, 6.45) is 9.83. The van der Waals surface area contributed by atoms with Gasteiger partial charge >= 0.3 is 5.97 Å². The van der Waals surface area contributed by atoms with Gasteiger partial charge in [-0.2, -0.15) is 0 Å². The van der Waals surface area contributed by atoms with Crippen LogP contribution < -0.4 is 10.2 Å². The third-order valence-corrected chi connectivity index (χ3v) is 5.68. The molecule has 2 fully saturated rings. The summed E-state index contributed by atoms with van der Waals surface area (Å²) in [5.41, 5.74) is -0.0452. The van der Waals surface area contributed by atoms with Crippen LogP contribution in [0.2, 0.25) is 0 Å². The van der Waals surface area contributed by atoms with E-state index in [0.29, 0.717) is 17.8 Å². The fraction of sp³-hybridized carbons (Fsp3) is 0.684. The topological polar surface area (TPSA) is 97.6 Å². The number of carbonyl (C=O) groups excluding carboxylic acids is 1. The number of hydrogen-bond donors (Lipinski definition) is 1. The van der Waals surface area contributed by atoms with E-state index in [-0.39, 0.29) is 11.3 Å². The number of hydrogen-bond acceptors (Lipinski definition) is 7. The average molecular weight is 376 g/mol. The molecule has 2 aliphatic rings. The number of esters is 1. The van der Waals surface area contributed by atoms with Gasteiger partial charge in [-0.15, -0.1) is 0 Å². The number of piperidine rings is 1. The van der Waals surface area contributed by atoms with Crippen LogP contribution in [0, 0.1) is 16.0 Å². The van der Waals surface area contributed by atoms with E-state index in [1.165, 1.54) is 51.5 Å². The lowest BCUT2D eigenvalue weighted by Gasteiger charge is -2.34. The van der Waals surface area contributed by atoms with Gasteiger partial charge in [0.1, 0.15) is 17.6 Å². The van der Waals surface area contributed by atoms with Crippen LogP contribution in [0.4, 0.5) is 11.5 Å². The number of methoxy groups -OCH3 is 1. The van der Waals surface area contributed by atoms with Gasteiger partial charge in [0.05, 0.1) is 12.0 Å². The zero-order valence-corrected chi connectivity index (χ0v) is 15.9. The van der Waals surface area contributed by atoms with E-state index in [0.717, 1.165) is 32.5 Å². The molecule has 0 bridgehead atoms. The molecular weight excluding hydrogens is 348 g/mol. The van der Waals surface area contributed by atoms with Crippen LogP contribution >= 0.6 is 0 Å². The van der Waals surface area contributed by atoms with Gasteiger partial charge in [-0.25, -0.2) is 9.78 Å². The molecule has 1 N–H and O–H groups in total. The number of aromatic nitrogens is 1. The highest BCUT2D eigenvalue weighted by atomic mass is 16.6. The number of nitrogens with one attached hydrogen (secondary N) is 1. The highest BCUT2D eigenvalue weighted by Crippen LogP contribution is 2.28. The highest BCUT2D eigenvalue weighted by molar-refractivity contribution is 5.95. The largest absolute Gasteiger partial charge is 0.465 e. The molecular formula is C19H28N4O4. The molecule has 1 aromatic rings. The zero-order valence-electron chi connectivity index (χ0n) is 15.9. The van der Waals surface area contributed by atoms with Gasteiger partial charge < -0.3 is 15.0 Å². The molecule has 8 heteroatoms. The maximum atomic E-state index is 12.1. The van der Waals surface area contributed by atoms with Gasteiger partial charge in [-0.1, -0.05) is 19.3 Å². The number of anilines is 1. The number of rotatable bonds is 6. The Morgan fingerprint density at radius 2 is 2.00 bits per heavy atom. The fourth-order valence-corrected chi connectivity index (χ4v) is 4.05. The first-order valence-electron chi connectivity index (χ1n) is 9.79. The van der Waals surface area contributed by atoms with E-state index >= 15 is 0 Å². The maximum absolute atomic E-state index is 12.1. The van der Waals surface area contributed by atoms with Crippen molar-refractivity contribution in [3.8, 4) is 0 Å². The van der Waals surface area contributed by atoms with Crippen molar-refractivity contribution in [2.24, 2.45) is 5.92 Å². The van der Waals surface area contributed by atoms with E-state index in [1.807, 2.05) is 4.90 Å². The Hall–Kier alpha value is -2.22. The molecule has 148 valence electrons. The second kappa shape index (κ2) is 9.12. The summed E-state index contributed by atoms with van der Waals surface area (Å²) in [7, 11) is 1.27. The highest BCUT2D eigenvalue weighted by Gasteiger charge is 2.27. The molecule has 1 saturated carbocycles. The van der Waals surface area contributed by atoms with Crippen LogP contribution in [-0.4, -0.2) is 48.7 Å². The summed E-state index contributed by atoms with van der Waals surface area (Å²) >= 11 is 0. The van der Waals surface area contributed by atoms with Gasteiger partial charge in [-0.3, -0.25) is 10.1 Å². The van der Waals surface area contributed by atoms with E-state index < -0.39 is 10.9 Å². The molecule has 3 rings (SSSR count). The number of nitro groups is 1. The Labute approximate surface area is 159 Å². The molecule has 27 heavy (non-hydrogen) atoms.